The summed E-state index contributed by atoms with van der Waals surface area (Å²) in [5, 5.41) is 4.68. The normalized spacial score (nSPS) is 13.4. The minimum absolute atomic E-state index is 0. The second kappa shape index (κ2) is 10.8. The average Bonchev–Trinajstić information content (AvgIpc) is 2.97. The monoisotopic (exact) mass is 442 g/mol. The largest absolute Gasteiger partial charge is 1.00 e. The molecule has 3 rings (SSSR count). The van der Waals surface area contributed by atoms with Crippen LogP contribution in [0.4, 0.5) is 0 Å². The van der Waals surface area contributed by atoms with Crippen molar-refractivity contribution in [1.29, 1.82) is 0 Å². The number of hydrogen-bond acceptors (Lipinski definition) is 0. The predicted molar refractivity (Wildman–Crippen MR) is 93.8 cm³/mol. The number of allylic oxidation sites excluding steroid dienone is 4. The zero-order chi connectivity index (χ0) is 15.6. The Hall–Kier alpha value is -0.279. The summed E-state index contributed by atoms with van der Waals surface area (Å²) in [5.41, 5.74) is 1.57. The van der Waals surface area contributed by atoms with Crippen LogP contribution in [0.1, 0.15) is 19.8 Å². The summed E-state index contributed by atoms with van der Waals surface area (Å²) >= 11 is 2.33. The molecule has 25 heavy (non-hydrogen) atoms. The molecule has 0 N–H and O–H groups in total. The van der Waals surface area contributed by atoms with Crippen molar-refractivity contribution >= 4 is 18.4 Å². The fourth-order valence-electron chi connectivity index (χ4n) is 3.57. The van der Waals surface area contributed by atoms with Crippen LogP contribution in [0.25, 0.3) is 0 Å². The molecule has 130 valence electrons. The molecule has 0 spiro atoms. The van der Waals surface area contributed by atoms with Gasteiger partial charge in [-0.25, -0.2) is 0 Å². The first kappa shape index (κ1) is 24.7. The molecular formula is C20H21Cl3SiTi. The van der Waals surface area contributed by atoms with Crippen LogP contribution in [-0.4, -0.2) is 8.07 Å². The van der Waals surface area contributed by atoms with Crippen LogP contribution >= 0.6 is 0 Å². The van der Waals surface area contributed by atoms with Gasteiger partial charge in [-0.3, -0.25) is 0 Å². The summed E-state index contributed by atoms with van der Waals surface area (Å²) < 4.78 is 1.57. The van der Waals surface area contributed by atoms with Gasteiger partial charge in [0.2, 0.25) is 0 Å². The fourth-order valence-corrected chi connectivity index (χ4v) is 9.40. The molecule has 2 aromatic carbocycles. The van der Waals surface area contributed by atoms with Crippen LogP contribution in [0.3, 0.4) is 0 Å². The number of hydrogen-bond donors (Lipinski definition) is 0. The van der Waals surface area contributed by atoms with E-state index < -0.39 is 8.07 Å². The molecule has 0 radical (unpaired) electrons. The molecule has 0 saturated heterocycles. The Morgan fingerprint density at radius 3 is 1.68 bits per heavy atom. The minimum Gasteiger partial charge on any atom is -1.00 e. The van der Waals surface area contributed by atoms with E-state index in [1.54, 1.807) is 14.6 Å². The van der Waals surface area contributed by atoms with Gasteiger partial charge in [0, 0.05) is 0 Å². The molecule has 0 aromatic heterocycles. The first-order chi connectivity index (χ1) is 10.7. The van der Waals surface area contributed by atoms with E-state index in [9.17, 15) is 0 Å². The van der Waals surface area contributed by atoms with Gasteiger partial charge in [0.15, 0.2) is 0 Å². The van der Waals surface area contributed by atoms with Gasteiger partial charge in [-0.15, -0.1) is 0 Å². The van der Waals surface area contributed by atoms with Gasteiger partial charge in [0.25, 0.3) is 0 Å². The molecule has 0 bridgehead atoms. The molecule has 2 aromatic rings. The van der Waals surface area contributed by atoms with E-state index in [1.165, 1.54) is 10.4 Å². The van der Waals surface area contributed by atoms with E-state index in [0.717, 1.165) is 12.8 Å². The Labute approximate surface area is 182 Å². The van der Waals surface area contributed by atoms with Crippen LogP contribution in [0, 0.1) is 0 Å². The van der Waals surface area contributed by atoms with Crippen molar-refractivity contribution in [3.8, 4) is 0 Å². The molecular weight excluding hydrogens is 423 g/mol. The zero-order valence-corrected chi connectivity index (χ0v) is 19.2. The molecule has 1 aliphatic rings. The molecule has 1 aliphatic carbocycles. The summed E-state index contributed by atoms with van der Waals surface area (Å²) in [4.78, 5) is 0. The molecule has 0 amide bonds. The second-order valence-corrected chi connectivity index (χ2v) is 10.8. The Morgan fingerprint density at radius 1 is 0.840 bits per heavy atom. The van der Waals surface area contributed by atoms with Crippen LogP contribution in [0.2, 0.25) is 6.55 Å². The van der Waals surface area contributed by atoms with E-state index in [4.69, 9.17) is 0 Å². The molecule has 0 fully saturated rings. The Kier molecular flexibility index (Phi) is 10.6. The topological polar surface area (TPSA) is 0 Å². The van der Waals surface area contributed by atoms with Crippen molar-refractivity contribution < 1.29 is 57.7 Å². The first-order valence-electron chi connectivity index (χ1n) is 7.93. The van der Waals surface area contributed by atoms with Gasteiger partial charge in [-0.2, -0.15) is 0 Å². The predicted octanol–water partition coefficient (Wildman–Crippen LogP) is -5.03. The third-order valence-electron chi connectivity index (χ3n) is 4.76. The smallest absolute Gasteiger partial charge is 1.00 e. The third kappa shape index (κ3) is 4.71. The van der Waals surface area contributed by atoms with Gasteiger partial charge in [-0.05, 0) is 0 Å². The maximum absolute atomic E-state index is 2.52. The van der Waals surface area contributed by atoms with E-state index in [2.05, 4.69) is 101 Å². The molecule has 0 atom stereocenters. The zero-order valence-electron chi connectivity index (χ0n) is 14.4. The van der Waals surface area contributed by atoms with Crippen LogP contribution in [0.5, 0.6) is 0 Å². The van der Waals surface area contributed by atoms with Crippen molar-refractivity contribution in [3.05, 3.63) is 81.4 Å². The summed E-state index contributed by atoms with van der Waals surface area (Å²) in [5.74, 6) is 0. The molecule has 0 nitrogen and oxygen atoms in total. The number of halogens is 3. The van der Waals surface area contributed by atoms with E-state index in [1.807, 2.05) is 0 Å². The van der Waals surface area contributed by atoms with Gasteiger partial charge >= 0.3 is 147 Å². The summed E-state index contributed by atoms with van der Waals surface area (Å²) in [6, 6.07) is 22.3. The maximum atomic E-state index is 2.52. The third-order valence-corrected chi connectivity index (χ3v) is 10.5. The summed E-state index contributed by atoms with van der Waals surface area (Å²) in [6.45, 7) is 4.81. The minimum atomic E-state index is -1.90. The quantitative estimate of drug-likeness (QED) is 0.415. The van der Waals surface area contributed by atoms with Crippen molar-refractivity contribution in [1.82, 2.24) is 0 Å². The van der Waals surface area contributed by atoms with Gasteiger partial charge in [0.1, 0.15) is 0 Å². The van der Waals surface area contributed by atoms with E-state index in [-0.39, 0.29) is 37.2 Å². The Morgan fingerprint density at radius 2 is 1.28 bits per heavy atom. The molecule has 0 aliphatic heterocycles. The van der Waals surface area contributed by atoms with Crippen molar-refractivity contribution in [2.45, 2.75) is 26.3 Å². The fraction of sp³-hybridized carbons (Fsp3) is 0.200. The second-order valence-electron chi connectivity index (χ2n) is 6.00. The molecule has 0 heterocycles. The number of benzene rings is 2. The van der Waals surface area contributed by atoms with Crippen molar-refractivity contribution in [2.75, 3.05) is 0 Å². The molecule has 0 saturated carbocycles. The van der Waals surface area contributed by atoms with Gasteiger partial charge in [0.05, 0.1) is 0 Å². The standard InChI is InChI=1S/C20H21Si.3ClH.Ti/c1-3-17-11-10-16-20(17)21(2,18-12-6-4-7-13-18)19-14-8-5-9-15-19;;;;/h4-9,11-15H,3,10H2,1-2H3;3*1H;/q;;;;+3/p-3. The van der Waals surface area contributed by atoms with E-state index >= 15 is 0 Å². The van der Waals surface area contributed by atoms with Crippen molar-refractivity contribution in [3.63, 3.8) is 0 Å². The summed E-state index contributed by atoms with van der Waals surface area (Å²) in [6.07, 6.45) is 4.71. The molecule has 0 unspecified atom stereocenters. The van der Waals surface area contributed by atoms with Gasteiger partial charge in [-0.1, -0.05) is 0 Å². The number of rotatable bonds is 4. The Bertz CT molecular complexity index is 688. The average molecular weight is 444 g/mol. The van der Waals surface area contributed by atoms with Crippen LogP contribution < -0.4 is 47.6 Å². The van der Waals surface area contributed by atoms with Crippen molar-refractivity contribution in [2.24, 2.45) is 0 Å². The summed E-state index contributed by atoms with van der Waals surface area (Å²) in [7, 11) is -1.90. The van der Waals surface area contributed by atoms with E-state index in [0.29, 0.717) is 0 Å². The van der Waals surface area contributed by atoms with Crippen LogP contribution in [-0.2, 0) is 20.4 Å². The Balaban J connectivity index is 0.00000192. The van der Waals surface area contributed by atoms with Gasteiger partial charge < -0.3 is 37.2 Å². The molecule has 5 heteroatoms. The maximum Gasteiger partial charge on any atom is -1.00 e. The SMILES string of the molecule is CCC1=CC[C]([Ti+3])=C1[Si](C)(c1ccccc1)c1ccccc1.[Cl-].[Cl-].[Cl-]. The first-order valence-corrected chi connectivity index (χ1v) is 11.2. The van der Waals surface area contributed by atoms with Crippen LogP contribution in [0.15, 0.2) is 81.4 Å².